The molecule has 3 atom stereocenters. The number of aliphatic carboxylic acids is 3. The van der Waals surface area contributed by atoms with E-state index in [0.717, 1.165) is 33.7 Å². The number of rotatable bonds is 44. The van der Waals surface area contributed by atoms with Gasteiger partial charge < -0.3 is 50.4 Å². The topological polar surface area (TPSA) is 413 Å². The molecule has 3 amide bonds. The van der Waals surface area contributed by atoms with Crippen molar-refractivity contribution in [2.75, 3.05) is 62.5 Å². The van der Waals surface area contributed by atoms with Gasteiger partial charge in [0.2, 0.25) is 11.6 Å². The van der Waals surface area contributed by atoms with Crippen LogP contribution in [0.5, 0.6) is 5.75 Å². The minimum Gasteiger partial charge on any atom is -0.481 e. The number of hydrogen-bond donors (Lipinski definition) is 9. The zero-order valence-corrected chi connectivity index (χ0v) is 61.9. The first-order valence-electron chi connectivity index (χ1n) is 35.0. The molecule has 0 spiro atoms. The molecule has 2 heterocycles. The number of carboxylic acid groups (broad SMARTS) is 3. The number of benzene rings is 4. The smallest absolute Gasteiger partial charge is 0.315 e. The molecule has 0 aromatic heterocycles. The average molecular weight is 1520 g/mol. The molecule has 2 aliphatic heterocycles. The summed E-state index contributed by atoms with van der Waals surface area (Å²) in [5.74, 6) is -6.04. The van der Waals surface area contributed by atoms with E-state index in [9.17, 15) is 77.6 Å². The first-order valence-corrected chi connectivity index (χ1v) is 39.7. The molecule has 0 radical (unpaired) electrons. The van der Waals surface area contributed by atoms with Crippen LogP contribution in [0.3, 0.4) is 0 Å². The van der Waals surface area contributed by atoms with Gasteiger partial charge in [0.25, 0.3) is 30.4 Å². The summed E-state index contributed by atoms with van der Waals surface area (Å²) in [5, 5.41) is 36.3. The van der Waals surface area contributed by atoms with E-state index >= 15 is 0 Å². The van der Waals surface area contributed by atoms with Crippen LogP contribution in [-0.4, -0.2) is 176 Å². The van der Waals surface area contributed by atoms with Crippen LogP contribution in [-0.2, 0) is 92.3 Å². The second-order valence-corrected chi connectivity index (χ2v) is 31.8. The highest BCUT2D eigenvalue weighted by Gasteiger charge is 2.45. The number of ether oxygens (including phenoxy) is 3. The minimum atomic E-state index is -4.61. The van der Waals surface area contributed by atoms with Crippen molar-refractivity contribution in [2.45, 2.75) is 165 Å². The molecule has 7 rings (SSSR count). The van der Waals surface area contributed by atoms with Gasteiger partial charge in [0.15, 0.2) is 17.3 Å². The third-order valence-electron chi connectivity index (χ3n) is 18.6. The lowest BCUT2D eigenvalue weighted by molar-refractivity contribution is -0.438. The first kappa shape index (κ1) is 83.5. The summed E-state index contributed by atoms with van der Waals surface area (Å²) in [6, 6.07) is 25.1. The molecule has 0 fully saturated rings. The fourth-order valence-electron chi connectivity index (χ4n) is 13.1. The molecular formula is C75H96N5O22S3+. The summed E-state index contributed by atoms with van der Waals surface area (Å²) in [6.07, 6.45) is 9.89. The predicted octanol–water partition coefficient (Wildman–Crippen LogP) is 9.43. The number of Topliss-reactive ketones (excluding diaryl/α,β-unsaturated/α-hetero) is 2. The number of carbonyl (C=O) groups is 7. The monoisotopic (exact) mass is 1510 g/mol. The number of amides is 3. The van der Waals surface area contributed by atoms with Gasteiger partial charge >= 0.3 is 23.9 Å². The number of para-hydroxylation sites is 1. The highest BCUT2D eigenvalue weighted by atomic mass is 32.2. The van der Waals surface area contributed by atoms with Crippen molar-refractivity contribution in [1.82, 2.24) is 16.0 Å². The average Bonchev–Trinajstić information content (AvgIpc) is 1.59. The Morgan fingerprint density at radius 1 is 0.619 bits per heavy atom. The van der Waals surface area contributed by atoms with E-state index in [1.807, 2.05) is 61.3 Å². The summed E-state index contributed by atoms with van der Waals surface area (Å²) in [4.78, 5) is 89.6. The molecule has 1 aliphatic carbocycles. The van der Waals surface area contributed by atoms with E-state index in [1.165, 1.54) is 12.1 Å². The number of carbonyl (C=O) groups excluding carboxylic acids is 4. The van der Waals surface area contributed by atoms with Crippen LogP contribution in [0.2, 0.25) is 0 Å². The maximum absolute atomic E-state index is 14.3. The molecule has 3 aliphatic rings. The van der Waals surface area contributed by atoms with Gasteiger partial charge in [0.1, 0.15) is 18.1 Å². The molecule has 27 nitrogen and oxygen atoms in total. The van der Waals surface area contributed by atoms with Crippen molar-refractivity contribution in [2.24, 2.45) is 5.92 Å². The number of nitrogens with one attached hydrogen (secondary N) is 3. The molecule has 570 valence electrons. The van der Waals surface area contributed by atoms with Gasteiger partial charge in [0, 0.05) is 92.7 Å². The summed E-state index contributed by atoms with van der Waals surface area (Å²) in [5.41, 5.74) is 6.36. The van der Waals surface area contributed by atoms with E-state index in [-0.39, 0.29) is 121 Å². The van der Waals surface area contributed by atoms with Crippen molar-refractivity contribution in [3.8, 4) is 5.75 Å². The van der Waals surface area contributed by atoms with Crippen molar-refractivity contribution in [3.63, 3.8) is 0 Å². The van der Waals surface area contributed by atoms with Crippen LogP contribution in [0.15, 0.2) is 149 Å². The third-order valence-corrected chi connectivity index (χ3v) is 21.0. The first-order chi connectivity index (χ1) is 49.6. The van der Waals surface area contributed by atoms with Gasteiger partial charge in [-0.05, 0) is 155 Å². The van der Waals surface area contributed by atoms with Crippen molar-refractivity contribution >= 4 is 88.9 Å². The van der Waals surface area contributed by atoms with Crippen LogP contribution in [0, 0.1) is 5.92 Å². The molecule has 4 aromatic rings. The van der Waals surface area contributed by atoms with E-state index < -0.39 is 113 Å². The largest absolute Gasteiger partial charge is 0.481 e. The van der Waals surface area contributed by atoms with E-state index in [0.29, 0.717) is 72.7 Å². The van der Waals surface area contributed by atoms with Gasteiger partial charge in [-0.15, -0.1) is 0 Å². The molecule has 0 saturated carbocycles. The Balaban J connectivity index is 1.07. The molecule has 105 heavy (non-hydrogen) atoms. The predicted molar refractivity (Wildman–Crippen MR) is 392 cm³/mol. The SMILES string of the molecule is CC1(C)C(/C=C/C2=C(Oc3ccc(C[C@H](CC(=O)[C@H](Cc4ccccc4)NC(=O)CCOCCOCCCC(=O)[C@H](CCC(=O)O)NC(=O)NCCCC(=O)O)C(=O)O)cc3)C(=C/C=C3/N(CCCCS(=O)(=O)O)c4ccc(S(=O)(=O)O)cc4C3(C)C)/CCC2)=[N+](CCCCS(=O)(=O)O)c2ccccc21. The standard InChI is InChI=1S/C75H95N5O22S3/c1-74(2)58-21-8-9-22-62(58)79(39-10-12-45-103(91,92)93)66(74)34-27-53-19-14-20-54(28-35-67-75(3,4)59-50-57(105(97,98)99)31-33-63(59)80(67)40-11-13-46-104(94,95)96)71(53)102-56-29-25-52(26-30-56)47-55(72(88)89)49-65(82)61(48-51-17-6-5-7-18-51)77-68(83)37-42-101-44-43-100-41-16-23-64(81)60(32-36-70(86)87)78-73(90)76-38-15-24-69(84)85/h5-9,17-18,21-22,25-31,33-35,50,55,60-61H,10-16,19-20,23-24,32,36-49H2,1-4H3,(H8-,76,77,78,83,84,85,86,87,88,89,90,91,92,93,94,95,96,97,98,99)/p+1/t55-,60+,61+/m1/s1. The molecule has 0 saturated heterocycles. The Morgan fingerprint density at radius 3 is 1.94 bits per heavy atom. The van der Waals surface area contributed by atoms with Crippen LogP contribution in [0.4, 0.5) is 16.2 Å². The number of carboxylic acids is 3. The molecule has 4 aromatic carbocycles. The Morgan fingerprint density at radius 2 is 1.28 bits per heavy atom. The van der Waals surface area contributed by atoms with E-state index in [2.05, 4.69) is 40.4 Å². The second-order valence-electron chi connectivity index (χ2n) is 27.3. The van der Waals surface area contributed by atoms with Crippen LogP contribution >= 0.6 is 0 Å². The Bertz CT molecular complexity index is 4300. The number of urea groups is 1. The lowest BCUT2D eigenvalue weighted by Crippen LogP contribution is -2.46. The lowest BCUT2D eigenvalue weighted by Gasteiger charge is -2.27. The maximum atomic E-state index is 14.3. The van der Waals surface area contributed by atoms with E-state index in [4.69, 9.17) is 24.4 Å². The van der Waals surface area contributed by atoms with Crippen molar-refractivity contribution in [1.29, 1.82) is 0 Å². The van der Waals surface area contributed by atoms with Gasteiger partial charge in [-0.25, -0.2) is 4.79 Å². The van der Waals surface area contributed by atoms with Gasteiger partial charge in [-0.3, -0.25) is 42.4 Å². The molecule has 9 N–H and O–H groups in total. The normalized spacial score (nSPS) is 16.6. The number of nitrogens with zero attached hydrogens (tertiary/aromatic N) is 2. The van der Waals surface area contributed by atoms with Gasteiger partial charge in [-0.1, -0.05) is 80.6 Å². The molecule has 0 bridgehead atoms. The Labute approximate surface area is 613 Å². The second kappa shape index (κ2) is 38.5. The zero-order chi connectivity index (χ0) is 76.7. The number of fused-ring (bicyclic) bond motifs is 2. The summed E-state index contributed by atoms with van der Waals surface area (Å²) < 4.78 is 121. The summed E-state index contributed by atoms with van der Waals surface area (Å²) in [6.45, 7) is 9.02. The van der Waals surface area contributed by atoms with Crippen LogP contribution in [0.25, 0.3) is 0 Å². The number of unbranched alkanes of at least 4 members (excludes halogenated alkanes) is 2. The van der Waals surface area contributed by atoms with Gasteiger partial charge in [0.05, 0.1) is 59.6 Å². The third kappa shape index (κ3) is 25.8. The highest BCUT2D eigenvalue weighted by Crippen LogP contribution is 2.49. The Kier molecular flexibility index (Phi) is 30.6. The number of ketones is 2. The molecular weight excluding hydrogens is 1420 g/mol. The van der Waals surface area contributed by atoms with Crippen LogP contribution in [0.1, 0.15) is 146 Å². The number of hydrogen-bond acceptors (Lipinski definition) is 17. The summed E-state index contributed by atoms with van der Waals surface area (Å²) in [7, 11) is -13.0. The fraction of sp³-hybridized carbons (Fsp3) is 0.467. The quantitative estimate of drug-likeness (QED) is 0.0113. The number of allylic oxidation sites excluding steroid dienone is 7. The van der Waals surface area contributed by atoms with Crippen molar-refractivity contribution in [3.05, 3.63) is 166 Å². The molecule has 0 unspecified atom stereocenters. The van der Waals surface area contributed by atoms with Gasteiger partial charge in [-0.2, -0.15) is 29.8 Å². The fourth-order valence-corrected chi connectivity index (χ4v) is 14.7. The van der Waals surface area contributed by atoms with Crippen molar-refractivity contribution < 1.29 is 107 Å². The number of anilines is 1. The highest BCUT2D eigenvalue weighted by molar-refractivity contribution is 7.86. The maximum Gasteiger partial charge on any atom is 0.315 e. The Hall–Kier alpha value is -8.75. The lowest BCUT2D eigenvalue weighted by atomic mass is 9.81. The van der Waals surface area contributed by atoms with Crippen LogP contribution < -0.4 is 25.6 Å². The minimum absolute atomic E-state index is 0.0379. The molecule has 30 heteroatoms. The summed E-state index contributed by atoms with van der Waals surface area (Å²) >= 11 is 0. The zero-order valence-electron chi connectivity index (χ0n) is 59.5. The van der Waals surface area contributed by atoms with E-state index in [1.54, 1.807) is 60.7 Å².